The van der Waals surface area contributed by atoms with Gasteiger partial charge in [-0.3, -0.25) is 9.59 Å². The highest BCUT2D eigenvalue weighted by atomic mass is 35.5. The number of carbonyl (C=O) groups excluding carboxylic acids is 3. The molecular formula is C17H20ClNO5. The van der Waals surface area contributed by atoms with Crippen molar-refractivity contribution in [3.63, 3.8) is 0 Å². The maximum Gasteiger partial charge on any atom is 0.340 e. The van der Waals surface area contributed by atoms with Crippen LogP contribution < -0.4 is 0 Å². The number of esters is 2. The zero-order chi connectivity index (χ0) is 17.5. The topological polar surface area (TPSA) is 72.9 Å². The molecule has 2 rings (SSSR count). The quantitative estimate of drug-likeness (QED) is 0.759. The number of piperidine rings is 1. The molecule has 0 bridgehead atoms. The summed E-state index contributed by atoms with van der Waals surface area (Å²) in [7, 11) is 0. The number of hydrogen-bond acceptors (Lipinski definition) is 5. The molecular weight excluding hydrogens is 334 g/mol. The molecule has 0 atom stereocenters. The van der Waals surface area contributed by atoms with Crippen molar-refractivity contribution < 1.29 is 23.9 Å². The Balaban J connectivity index is 1.79. The Morgan fingerprint density at radius 1 is 1.17 bits per heavy atom. The summed E-state index contributed by atoms with van der Waals surface area (Å²) in [5.74, 6) is -1.29. The van der Waals surface area contributed by atoms with Crippen LogP contribution in [0.15, 0.2) is 24.3 Å². The van der Waals surface area contributed by atoms with Gasteiger partial charge in [0.05, 0.1) is 23.1 Å². The van der Waals surface area contributed by atoms with Gasteiger partial charge in [-0.15, -0.1) is 0 Å². The lowest BCUT2D eigenvalue weighted by Crippen LogP contribution is -2.42. The third-order valence-corrected chi connectivity index (χ3v) is 4.22. The molecule has 0 radical (unpaired) electrons. The molecule has 1 aromatic rings. The van der Waals surface area contributed by atoms with Crippen LogP contribution in [-0.2, 0) is 19.1 Å². The fourth-order valence-corrected chi connectivity index (χ4v) is 2.76. The van der Waals surface area contributed by atoms with E-state index in [9.17, 15) is 14.4 Å². The maximum absolute atomic E-state index is 12.1. The molecule has 1 saturated heterocycles. The van der Waals surface area contributed by atoms with Crippen molar-refractivity contribution in [1.82, 2.24) is 4.90 Å². The van der Waals surface area contributed by atoms with Gasteiger partial charge in [0.2, 0.25) is 0 Å². The van der Waals surface area contributed by atoms with Crippen molar-refractivity contribution in [3.05, 3.63) is 34.9 Å². The van der Waals surface area contributed by atoms with Gasteiger partial charge in [0.1, 0.15) is 0 Å². The van der Waals surface area contributed by atoms with Gasteiger partial charge in [0.15, 0.2) is 6.61 Å². The monoisotopic (exact) mass is 353 g/mol. The van der Waals surface area contributed by atoms with Crippen molar-refractivity contribution in [1.29, 1.82) is 0 Å². The highest BCUT2D eigenvalue weighted by Crippen LogP contribution is 2.19. The van der Waals surface area contributed by atoms with E-state index in [0.29, 0.717) is 32.5 Å². The van der Waals surface area contributed by atoms with Gasteiger partial charge in [-0.2, -0.15) is 0 Å². The lowest BCUT2D eigenvalue weighted by Gasteiger charge is -2.30. The Morgan fingerprint density at radius 2 is 1.83 bits per heavy atom. The van der Waals surface area contributed by atoms with Gasteiger partial charge in [-0.1, -0.05) is 23.7 Å². The highest BCUT2D eigenvalue weighted by Gasteiger charge is 2.28. The number of amides is 1. The molecule has 1 amide bonds. The Bertz CT molecular complexity index is 611. The lowest BCUT2D eigenvalue weighted by atomic mass is 9.97. The average molecular weight is 354 g/mol. The number of ether oxygens (including phenoxy) is 2. The summed E-state index contributed by atoms with van der Waals surface area (Å²) < 4.78 is 10.0. The molecule has 0 spiro atoms. The predicted molar refractivity (Wildman–Crippen MR) is 87.7 cm³/mol. The fourth-order valence-electron chi connectivity index (χ4n) is 2.55. The van der Waals surface area contributed by atoms with Crippen molar-refractivity contribution >= 4 is 29.4 Å². The van der Waals surface area contributed by atoms with Crippen LogP contribution in [0.1, 0.15) is 30.1 Å². The molecule has 1 aromatic carbocycles. The summed E-state index contributed by atoms with van der Waals surface area (Å²) in [6.45, 7) is 2.69. The number of benzene rings is 1. The first kappa shape index (κ1) is 18.3. The van der Waals surface area contributed by atoms with E-state index in [2.05, 4.69) is 0 Å². The second-order valence-corrected chi connectivity index (χ2v) is 5.87. The predicted octanol–water partition coefficient (Wildman–Crippen LogP) is 2.30. The van der Waals surface area contributed by atoms with Crippen LogP contribution in [0.4, 0.5) is 0 Å². The largest absolute Gasteiger partial charge is 0.466 e. The molecule has 130 valence electrons. The van der Waals surface area contributed by atoms with Crippen LogP contribution >= 0.6 is 11.6 Å². The third-order valence-electron chi connectivity index (χ3n) is 3.89. The molecule has 6 nitrogen and oxygen atoms in total. The molecule has 0 unspecified atom stereocenters. The van der Waals surface area contributed by atoms with Crippen LogP contribution in [0, 0.1) is 5.92 Å². The van der Waals surface area contributed by atoms with Gasteiger partial charge in [-0.05, 0) is 31.9 Å². The normalized spacial score (nSPS) is 15.0. The number of carbonyl (C=O) groups is 3. The Hall–Kier alpha value is -2.08. The third kappa shape index (κ3) is 4.71. The molecule has 0 saturated carbocycles. The molecule has 0 aliphatic carbocycles. The summed E-state index contributed by atoms with van der Waals surface area (Å²) in [6, 6.07) is 6.50. The second kappa shape index (κ2) is 8.68. The molecule has 7 heteroatoms. The molecule has 1 heterocycles. The van der Waals surface area contributed by atoms with Crippen molar-refractivity contribution in [2.45, 2.75) is 19.8 Å². The van der Waals surface area contributed by atoms with E-state index in [4.69, 9.17) is 21.1 Å². The number of hydrogen-bond donors (Lipinski definition) is 0. The molecule has 1 aliphatic heterocycles. The number of rotatable bonds is 5. The Kier molecular flexibility index (Phi) is 6.61. The lowest BCUT2D eigenvalue weighted by molar-refractivity contribution is -0.151. The number of likely N-dealkylation sites (tertiary alicyclic amines) is 1. The van der Waals surface area contributed by atoms with Crippen molar-refractivity contribution in [3.8, 4) is 0 Å². The van der Waals surface area contributed by atoms with Crippen LogP contribution in [0.3, 0.4) is 0 Å². The minimum Gasteiger partial charge on any atom is -0.466 e. The molecule has 0 aromatic heterocycles. The summed E-state index contributed by atoms with van der Waals surface area (Å²) in [5, 5.41) is 0.283. The second-order valence-electron chi connectivity index (χ2n) is 5.46. The standard InChI is InChI=1S/C17H20ClNO5/c1-2-23-16(21)12-7-9-19(10-8-12)15(20)11-24-17(22)13-5-3-4-6-14(13)18/h3-6,12H,2,7-11H2,1H3. The highest BCUT2D eigenvalue weighted by molar-refractivity contribution is 6.33. The van der Waals surface area contributed by atoms with E-state index >= 15 is 0 Å². The molecule has 1 fully saturated rings. The van der Waals surface area contributed by atoms with Crippen LogP contribution in [0.2, 0.25) is 5.02 Å². The van der Waals surface area contributed by atoms with Gasteiger partial charge in [0.25, 0.3) is 5.91 Å². The van der Waals surface area contributed by atoms with E-state index in [0.717, 1.165) is 0 Å². The summed E-state index contributed by atoms with van der Waals surface area (Å²) in [6.07, 6.45) is 1.12. The van der Waals surface area contributed by atoms with Crippen LogP contribution in [-0.4, -0.2) is 49.0 Å². The summed E-state index contributed by atoms with van der Waals surface area (Å²) in [4.78, 5) is 37.3. The zero-order valence-electron chi connectivity index (χ0n) is 13.5. The van der Waals surface area contributed by atoms with E-state index < -0.39 is 5.97 Å². The number of halogens is 1. The van der Waals surface area contributed by atoms with E-state index in [1.165, 1.54) is 0 Å². The van der Waals surface area contributed by atoms with Gasteiger partial charge in [0, 0.05) is 13.1 Å². The van der Waals surface area contributed by atoms with Crippen LogP contribution in [0.5, 0.6) is 0 Å². The minimum absolute atomic E-state index is 0.167. The minimum atomic E-state index is -0.629. The van der Waals surface area contributed by atoms with Crippen LogP contribution in [0.25, 0.3) is 0 Å². The Labute approximate surface area is 145 Å². The fraction of sp³-hybridized carbons (Fsp3) is 0.471. The van der Waals surface area contributed by atoms with E-state index in [1.807, 2.05) is 0 Å². The average Bonchev–Trinajstić information content (AvgIpc) is 2.60. The summed E-state index contributed by atoms with van der Waals surface area (Å²) in [5.41, 5.74) is 0.230. The van der Waals surface area contributed by atoms with Gasteiger partial charge in [-0.25, -0.2) is 4.79 Å². The Morgan fingerprint density at radius 3 is 2.46 bits per heavy atom. The molecule has 0 N–H and O–H groups in total. The van der Waals surface area contributed by atoms with Crippen molar-refractivity contribution in [2.75, 3.05) is 26.3 Å². The first-order valence-corrected chi connectivity index (χ1v) is 8.26. The SMILES string of the molecule is CCOC(=O)C1CCN(C(=O)COC(=O)c2ccccc2Cl)CC1. The summed E-state index contributed by atoms with van der Waals surface area (Å²) >= 11 is 5.91. The van der Waals surface area contributed by atoms with E-state index in [1.54, 1.807) is 36.1 Å². The smallest absolute Gasteiger partial charge is 0.340 e. The molecule has 24 heavy (non-hydrogen) atoms. The number of nitrogens with zero attached hydrogens (tertiary/aromatic N) is 1. The van der Waals surface area contributed by atoms with Gasteiger partial charge < -0.3 is 14.4 Å². The van der Waals surface area contributed by atoms with Crippen molar-refractivity contribution in [2.24, 2.45) is 5.92 Å². The first-order valence-electron chi connectivity index (χ1n) is 7.89. The van der Waals surface area contributed by atoms with Gasteiger partial charge >= 0.3 is 11.9 Å². The maximum atomic E-state index is 12.1. The van der Waals surface area contributed by atoms with E-state index in [-0.39, 0.29) is 35.0 Å². The zero-order valence-corrected chi connectivity index (χ0v) is 14.3. The first-order chi connectivity index (χ1) is 11.5. The molecule has 1 aliphatic rings.